The highest BCUT2D eigenvalue weighted by Crippen LogP contribution is 2.07. The quantitative estimate of drug-likeness (QED) is 0.750. The molecule has 96 valence electrons. The molecule has 0 aliphatic heterocycles. The zero-order valence-electron chi connectivity index (χ0n) is 10.2. The van der Waals surface area contributed by atoms with Gasteiger partial charge in [0.15, 0.2) is 0 Å². The molecular formula is C14H17NO3. The molecule has 0 saturated heterocycles. The minimum Gasteiger partial charge on any atom is -0.480 e. The van der Waals surface area contributed by atoms with Crippen LogP contribution in [-0.4, -0.2) is 28.4 Å². The number of carbonyl (C=O) groups is 2. The molecular weight excluding hydrogens is 230 g/mol. The predicted octanol–water partition coefficient (Wildman–Crippen LogP) is 2.07. The van der Waals surface area contributed by atoms with Crippen molar-refractivity contribution >= 4 is 11.9 Å². The Morgan fingerprint density at radius 1 is 1.28 bits per heavy atom. The van der Waals surface area contributed by atoms with Crippen LogP contribution in [-0.2, 0) is 16.1 Å². The van der Waals surface area contributed by atoms with Gasteiger partial charge in [0, 0.05) is 13.0 Å². The zero-order valence-corrected chi connectivity index (χ0v) is 10.2. The Kier molecular flexibility index (Phi) is 5.64. The summed E-state index contributed by atoms with van der Waals surface area (Å²) in [7, 11) is 0. The maximum Gasteiger partial charge on any atom is 0.323 e. The van der Waals surface area contributed by atoms with Gasteiger partial charge < -0.3 is 10.0 Å². The van der Waals surface area contributed by atoms with Crippen molar-refractivity contribution in [2.24, 2.45) is 0 Å². The number of hydrogen-bond acceptors (Lipinski definition) is 2. The normalized spacial score (nSPS) is 9.78. The molecule has 0 aliphatic rings. The van der Waals surface area contributed by atoms with Crippen molar-refractivity contribution < 1.29 is 14.7 Å². The SMILES string of the molecule is C=CCCC(=O)N(CC(=O)O)Cc1ccccc1. The predicted molar refractivity (Wildman–Crippen MR) is 68.9 cm³/mol. The minimum atomic E-state index is -1.00. The third kappa shape index (κ3) is 4.82. The molecule has 0 aromatic heterocycles. The number of carboxylic acids is 1. The summed E-state index contributed by atoms with van der Waals surface area (Å²) in [4.78, 5) is 24.0. The Labute approximate surface area is 107 Å². The summed E-state index contributed by atoms with van der Waals surface area (Å²) in [6.45, 7) is 3.60. The molecule has 0 fully saturated rings. The fourth-order valence-electron chi connectivity index (χ4n) is 1.58. The first-order valence-electron chi connectivity index (χ1n) is 5.78. The molecule has 0 heterocycles. The molecule has 0 unspecified atom stereocenters. The third-order valence-electron chi connectivity index (χ3n) is 2.46. The third-order valence-corrected chi connectivity index (χ3v) is 2.46. The maximum atomic E-state index is 11.9. The molecule has 1 N–H and O–H groups in total. The highest BCUT2D eigenvalue weighted by atomic mass is 16.4. The average Bonchev–Trinajstić information content (AvgIpc) is 2.36. The van der Waals surface area contributed by atoms with E-state index in [1.165, 1.54) is 4.90 Å². The van der Waals surface area contributed by atoms with Crippen LogP contribution in [0.2, 0.25) is 0 Å². The largest absolute Gasteiger partial charge is 0.480 e. The lowest BCUT2D eigenvalue weighted by Gasteiger charge is -2.20. The molecule has 4 nitrogen and oxygen atoms in total. The lowest BCUT2D eigenvalue weighted by molar-refractivity contribution is -0.144. The van der Waals surface area contributed by atoms with Gasteiger partial charge in [-0.15, -0.1) is 6.58 Å². The van der Waals surface area contributed by atoms with Gasteiger partial charge in [-0.25, -0.2) is 0 Å². The Morgan fingerprint density at radius 2 is 1.94 bits per heavy atom. The van der Waals surface area contributed by atoms with Crippen LogP contribution in [0.15, 0.2) is 43.0 Å². The van der Waals surface area contributed by atoms with Crippen LogP contribution >= 0.6 is 0 Å². The second-order valence-corrected chi connectivity index (χ2v) is 3.96. The smallest absolute Gasteiger partial charge is 0.323 e. The maximum absolute atomic E-state index is 11.9. The summed E-state index contributed by atoms with van der Waals surface area (Å²) in [5.74, 6) is -1.17. The number of amides is 1. The van der Waals surface area contributed by atoms with Crippen LogP contribution in [0.1, 0.15) is 18.4 Å². The average molecular weight is 247 g/mol. The fraction of sp³-hybridized carbons (Fsp3) is 0.286. The Bertz CT molecular complexity index is 414. The van der Waals surface area contributed by atoms with Crippen molar-refractivity contribution in [2.75, 3.05) is 6.54 Å². The van der Waals surface area contributed by atoms with Gasteiger partial charge in [-0.3, -0.25) is 9.59 Å². The molecule has 4 heteroatoms. The summed E-state index contributed by atoms with van der Waals surface area (Å²) < 4.78 is 0. The number of carbonyl (C=O) groups excluding carboxylic acids is 1. The summed E-state index contributed by atoms with van der Waals surface area (Å²) >= 11 is 0. The van der Waals surface area contributed by atoms with Gasteiger partial charge in [0.2, 0.25) is 5.91 Å². The molecule has 0 saturated carbocycles. The number of nitrogens with zero attached hydrogens (tertiary/aromatic N) is 1. The Morgan fingerprint density at radius 3 is 2.50 bits per heavy atom. The molecule has 0 bridgehead atoms. The first-order valence-corrected chi connectivity index (χ1v) is 5.78. The van der Waals surface area contributed by atoms with Crippen LogP contribution in [0.5, 0.6) is 0 Å². The van der Waals surface area contributed by atoms with Crippen LogP contribution < -0.4 is 0 Å². The standard InChI is InChI=1S/C14H17NO3/c1-2-3-9-13(16)15(11-14(17)18)10-12-7-5-4-6-8-12/h2,4-8H,1,3,9-11H2,(H,17,18). The number of aliphatic carboxylic acids is 1. The first-order chi connectivity index (χ1) is 8.63. The van der Waals surface area contributed by atoms with E-state index in [9.17, 15) is 9.59 Å². The topological polar surface area (TPSA) is 57.6 Å². The zero-order chi connectivity index (χ0) is 13.4. The van der Waals surface area contributed by atoms with Crippen molar-refractivity contribution in [1.29, 1.82) is 0 Å². The molecule has 1 rings (SSSR count). The molecule has 0 radical (unpaired) electrons. The second-order valence-electron chi connectivity index (χ2n) is 3.96. The molecule has 0 aliphatic carbocycles. The molecule has 1 amide bonds. The van der Waals surface area contributed by atoms with E-state index in [4.69, 9.17) is 5.11 Å². The lowest BCUT2D eigenvalue weighted by Crippen LogP contribution is -2.34. The van der Waals surface area contributed by atoms with Crippen molar-refractivity contribution in [1.82, 2.24) is 4.90 Å². The van der Waals surface area contributed by atoms with E-state index in [0.29, 0.717) is 19.4 Å². The summed E-state index contributed by atoms with van der Waals surface area (Å²) in [6.07, 6.45) is 2.51. The summed E-state index contributed by atoms with van der Waals surface area (Å²) in [5.41, 5.74) is 0.922. The number of benzene rings is 1. The molecule has 0 spiro atoms. The van der Waals surface area contributed by atoms with Crippen LogP contribution in [0.3, 0.4) is 0 Å². The fourth-order valence-corrected chi connectivity index (χ4v) is 1.58. The van der Waals surface area contributed by atoms with Crippen molar-refractivity contribution in [3.63, 3.8) is 0 Å². The van der Waals surface area contributed by atoms with Gasteiger partial charge in [0.1, 0.15) is 6.54 Å². The number of hydrogen-bond donors (Lipinski definition) is 1. The highest BCUT2D eigenvalue weighted by Gasteiger charge is 2.16. The van der Waals surface area contributed by atoms with Gasteiger partial charge in [-0.1, -0.05) is 36.4 Å². The molecule has 1 aromatic carbocycles. The van der Waals surface area contributed by atoms with E-state index in [1.54, 1.807) is 6.08 Å². The van der Waals surface area contributed by atoms with E-state index in [-0.39, 0.29) is 12.5 Å². The number of allylic oxidation sites excluding steroid dienone is 1. The van der Waals surface area contributed by atoms with E-state index in [1.807, 2.05) is 30.3 Å². The first kappa shape index (κ1) is 14.0. The monoisotopic (exact) mass is 247 g/mol. The van der Waals surface area contributed by atoms with Crippen molar-refractivity contribution in [2.45, 2.75) is 19.4 Å². The molecule has 1 aromatic rings. The van der Waals surface area contributed by atoms with Crippen LogP contribution in [0, 0.1) is 0 Å². The van der Waals surface area contributed by atoms with E-state index in [0.717, 1.165) is 5.56 Å². The summed E-state index contributed by atoms with van der Waals surface area (Å²) in [5, 5.41) is 8.82. The van der Waals surface area contributed by atoms with E-state index in [2.05, 4.69) is 6.58 Å². The van der Waals surface area contributed by atoms with Gasteiger partial charge >= 0.3 is 5.97 Å². The van der Waals surface area contributed by atoms with E-state index >= 15 is 0 Å². The van der Waals surface area contributed by atoms with Crippen LogP contribution in [0.25, 0.3) is 0 Å². The summed E-state index contributed by atoms with van der Waals surface area (Å²) in [6, 6.07) is 9.35. The van der Waals surface area contributed by atoms with Crippen molar-refractivity contribution in [3.05, 3.63) is 48.6 Å². The van der Waals surface area contributed by atoms with Crippen molar-refractivity contribution in [3.8, 4) is 0 Å². The minimum absolute atomic E-state index is 0.166. The Hall–Kier alpha value is -2.10. The van der Waals surface area contributed by atoms with Crippen LogP contribution in [0.4, 0.5) is 0 Å². The lowest BCUT2D eigenvalue weighted by atomic mass is 10.2. The van der Waals surface area contributed by atoms with Gasteiger partial charge in [0.05, 0.1) is 0 Å². The highest BCUT2D eigenvalue weighted by molar-refractivity contribution is 5.81. The molecule has 0 atom stereocenters. The second kappa shape index (κ2) is 7.27. The number of rotatable bonds is 7. The Balaban J connectivity index is 2.68. The van der Waals surface area contributed by atoms with Gasteiger partial charge in [-0.2, -0.15) is 0 Å². The number of carboxylic acid groups (broad SMARTS) is 1. The van der Waals surface area contributed by atoms with E-state index < -0.39 is 5.97 Å². The molecule has 18 heavy (non-hydrogen) atoms. The van der Waals surface area contributed by atoms with Gasteiger partial charge in [0.25, 0.3) is 0 Å². The van der Waals surface area contributed by atoms with Gasteiger partial charge in [-0.05, 0) is 12.0 Å².